The van der Waals surface area contributed by atoms with Gasteiger partial charge in [0.2, 0.25) is 5.91 Å². The second-order valence-electron chi connectivity index (χ2n) is 6.13. The number of hydrogen-bond donors (Lipinski definition) is 0. The van der Waals surface area contributed by atoms with E-state index >= 15 is 0 Å². The van der Waals surface area contributed by atoms with E-state index in [0.29, 0.717) is 16.4 Å². The molecule has 5 nitrogen and oxygen atoms in total. The highest BCUT2D eigenvalue weighted by molar-refractivity contribution is 7.91. The van der Waals surface area contributed by atoms with Crippen LogP contribution in [0, 0.1) is 0 Å². The van der Waals surface area contributed by atoms with Crippen LogP contribution < -0.4 is 4.80 Å². The summed E-state index contributed by atoms with van der Waals surface area (Å²) in [6.45, 7) is 4.30. The van der Waals surface area contributed by atoms with Gasteiger partial charge in [0.25, 0.3) is 0 Å². The predicted octanol–water partition coefficient (Wildman–Crippen LogP) is 4.22. The van der Waals surface area contributed by atoms with Crippen LogP contribution in [-0.4, -0.2) is 24.6 Å². The Balaban J connectivity index is 1.72. The minimum absolute atomic E-state index is 0.0646. The molecule has 3 rings (SSSR count). The van der Waals surface area contributed by atoms with E-state index in [9.17, 15) is 13.2 Å². The number of rotatable bonds is 7. The predicted molar refractivity (Wildman–Crippen MR) is 113 cm³/mol. The molecule has 0 N–H and O–H groups in total. The first-order chi connectivity index (χ1) is 13.4. The highest BCUT2D eigenvalue weighted by Crippen LogP contribution is 2.18. The third kappa shape index (κ3) is 4.79. The number of amides is 1. The summed E-state index contributed by atoms with van der Waals surface area (Å²) in [5.41, 5.74) is 0.990. The van der Waals surface area contributed by atoms with Crippen LogP contribution in [0.2, 0.25) is 5.02 Å². The van der Waals surface area contributed by atoms with Gasteiger partial charge in [0.15, 0.2) is 14.6 Å². The van der Waals surface area contributed by atoms with Gasteiger partial charge in [-0.05, 0) is 42.8 Å². The van der Waals surface area contributed by atoms with E-state index in [0.717, 1.165) is 10.2 Å². The molecule has 28 heavy (non-hydrogen) atoms. The van der Waals surface area contributed by atoms with Crippen LogP contribution in [0.15, 0.2) is 71.1 Å². The molecular weight excluding hydrogens is 416 g/mol. The molecule has 1 amide bonds. The number of hydrogen-bond acceptors (Lipinski definition) is 4. The zero-order valence-corrected chi connectivity index (χ0v) is 17.4. The van der Waals surface area contributed by atoms with E-state index < -0.39 is 9.84 Å². The number of carbonyl (C=O) groups is 1. The average molecular weight is 435 g/mol. The van der Waals surface area contributed by atoms with Crippen molar-refractivity contribution in [1.29, 1.82) is 0 Å². The van der Waals surface area contributed by atoms with E-state index in [1.54, 1.807) is 6.08 Å². The van der Waals surface area contributed by atoms with Crippen molar-refractivity contribution >= 4 is 48.9 Å². The van der Waals surface area contributed by atoms with E-state index in [1.165, 1.54) is 35.6 Å². The minimum Gasteiger partial charge on any atom is -0.313 e. The van der Waals surface area contributed by atoms with Crippen molar-refractivity contribution < 1.29 is 13.2 Å². The molecule has 0 aliphatic rings. The van der Waals surface area contributed by atoms with Crippen LogP contribution in [0.4, 0.5) is 0 Å². The molecule has 0 radical (unpaired) electrons. The summed E-state index contributed by atoms with van der Waals surface area (Å²) in [7, 11) is -3.45. The number of benzene rings is 2. The SMILES string of the molecule is C=CCn1c(=NC(=O)CCCS(=O)(=O)c2ccc(Cl)cc2)sc2ccccc21. The highest BCUT2D eigenvalue weighted by Gasteiger charge is 2.15. The number of carbonyl (C=O) groups excluding carboxylic acids is 1. The van der Waals surface area contributed by atoms with Gasteiger partial charge in [0, 0.05) is 18.0 Å². The first-order valence-corrected chi connectivity index (χ1v) is 11.5. The van der Waals surface area contributed by atoms with E-state index in [-0.39, 0.29) is 29.4 Å². The van der Waals surface area contributed by atoms with Gasteiger partial charge in [0.05, 0.1) is 20.9 Å². The Morgan fingerprint density at radius 1 is 1.18 bits per heavy atom. The number of para-hydroxylation sites is 1. The summed E-state index contributed by atoms with van der Waals surface area (Å²) < 4.78 is 27.6. The molecule has 2 aromatic carbocycles. The lowest BCUT2D eigenvalue weighted by Crippen LogP contribution is -2.16. The molecule has 146 valence electrons. The normalized spacial score (nSPS) is 12.4. The summed E-state index contributed by atoms with van der Waals surface area (Å²) >= 11 is 7.22. The van der Waals surface area contributed by atoms with Crippen LogP contribution in [0.25, 0.3) is 10.2 Å². The third-order valence-electron chi connectivity index (χ3n) is 4.10. The van der Waals surface area contributed by atoms with Crippen LogP contribution in [0.3, 0.4) is 0 Å². The molecule has 1 heterocycles. The number of nitrogens with zero attached hydrogens (tertiary/aromatic N) is 2. The van der Waals surface area contributed by atoms with Crippen molar-refractivity contribution in [1.82, 2.24) is 4.57 Å². The smallest absolute Gasteiger partial charge is 0.248 e. The number of allylic oxidation sites excluding steroid dienone is 1. The Morgan fingerprint density at radius 2 is 1.89 bits per heavy atom. The van der Waals surface area contributed by atoms with Crippen molar-refractivity contribution in [3.63, 3.8) is 0 Å². The first kappa shape index (κ1) is 20.5. The number of fused-ring (bicyclic) bond motifs is 1. The van der Waals surface area contributed by atoms with Gasteiger partial charge in [-0.2, -0.15) is 4.99 Å². The molecule has 0 atom stereocenters. The van der Waals surface area contributed by atoms with Gasteiger partial charge in [-0.1, -0.05) is 41.1 Å². The third-order valence-corrected chi connectivity index (χ3v) is 7.22. The Hall–Kier alpha value is -2.22. The summed E-state index contributed by atoms with van der Waals surface area (Å²) in [4.78, 5) is 17.3. The van der Waals surface area contributed by atoms with Gasteiger partial charge < -0.3 is 4.57 Å². The maximum absolute atomic E-state index is 12.3. The molecule has 0 aliphatic carbocycles. The lowest BCUT2D eigenvalue weighted by atomic mass is 10.3. The molecule has 0 unspecified atom stereocenters. The summed E-state index contributed by atoms with van der Waals surface area (Å²) in [6.07, 6.45) is 2.02. The summed E-state index contributed by atoms with van der Waals surface area (Å²) in [5, 5.41) is 0.476. The number of halogens is 1. The zero-order chi connectivity index (χ0) is 20.1. The van der Waals surface area contributed by atoms with E-state index in [4.69, 9.17) is 11.6 Å². The van der Waals surface area contributed by atoms with Gasteiger partial charge >= 0.3 is 0 Å². The fourth-order valence-corrected chi connectivity index (χ4v) is 5.24. The molecule has 0 saturated heterocycles. The molecule has 1 aromatic heterocycles. The lowest BCUT2D eigenvalue weighted by molar-refractivity contribution is -0.118. The van der Waals surface area contributed by atoms with Crippen LogP contribution in [0.1, 0.15) is 12.8 Å². The van der Waals surface area contributed by atoms with Crippen LogP contribution in [-0.2, 0) is 21.2 Å². The maximum Gasteiger partial charge on any atom is 0.248 e. The molecule has 8 heteroatoms. The van der Waals surface area contributed by atoms with Crippen molar-refractivity contribution in [2.45, 2.75) is 24.3 Å². The molecular formula is C20H19ClN2O3S2. The van der Waals surface area contributed by atoms with Gasteiger partial charge in [-0.25, -0.2) is 8.42 Å². The molecule has 0 bridgehead atoms. The maximum atomic E-state index is 12.3. The summed E-state index contributed by atoms with van der Waals surface area (Å²) in [6, 6.07) is 13.8. The largest absolute Gasteiger partial charge is 0.313 e. The molecule has 0 aliphatic heterocycles. The number of sulfone groups is 1. The number of aromatic nitrogens is 1. The Labute approximate surface area is 172 Å². The van der Waals surface area contributed by atoms with Gasteiger partial charge in [-0.15, -0.1) is 6.58 Å². The monoisotopic (exact) mass is 434 g/mol. The zero-order valence-electron chi connectivity index (χ0n) is 15.0. The van der Waals surface area contributed by atoms with Gasteiger partial charge in [0.1, 0.15) is 0 Å². The van der Waals surface area contributed by atoms with Crippen LogP contribution >= 0.6 is 22.9 Å². The van der Waals surface area contributed by atoms with Crippen molar-refractivity contribution in [3.8, 4) is 0 Å². The lowest BCUT2D eigenvalue weighted by Gasteiger charge is -2.03. The van der Waals surface area contributed by atoms with Crippen molar-refractivity contribution in [2.75, 3.05) is 5.75 Å². The quantitative estimate of drug-likeness (QED) is 0.522. The van der Waals surface area contributed by atoms with Gasteiger partial charge in [-0.3, -0.25) is 4.79 Å². The number of thiazole rings is 1. The first-order valence-electron chi connectivity index (χ1n) is 8.66. The standard InChI is InChI=1S/C20H19ClN2O3S2/c1-2-13-23-17-6-3-4-7-18(17)27-20(23)22-19(24)8-5-14-28(25,26)16-11-9-15(21)10-12-16/h2-4,6-7,9-12H,1,5,8,13-14H2. The molecule has 0 saturated carbocycles. The molecule has 0 spiro atoms. The molecule has 3 aromatic rings. The van der Waals surface area contributed by atoms with E-state index in [2.05, 4.69) is 11.6 Å². The second-order valence-corrected chi connectivity index (χ2v) is 9.69. The van der Waals surface area contributed by atoms with Crippen molar-refractivity contribution in [2.24, 2.45) is 4.99 Å². The fraction of sp³-hybridized carbons (Fsp3) is 0.200. The Bertz CT molecular complexity index is 1180. The molecule has 0 fully saturated rings. The summed E-state index contributed by atoms with van der Waals surface area (Å²) in [5.74, 6) is -0.453. The van der Waals surface area contributed by atoms with Crippen LogP contribution in [0.5, 0.6) is 0 Å². The minimum atomic E-state index is -3.45. The topological polar surface area (TPSA) is 68.5 Å². The second kappa shape index (κ2) is 8.86. The average Bonchev–Trinajstić information content (AvgIpc) is 2.99. The fourth-order valence-electron chi connectivity index (χ4n) is 2.75. The Morgan fingerprint density at radius 3 is 2.61 bits per heavy atom. The van der Waals surface area contributed by atoms with E-state index in [1.807, 2.05) is 28.8 Å². The highest BCUT2D eigenvalue weighted by atomic mass is 35.5. The van der Waals surface area contributed by atoms with Crippen molar-refractivity contribution in [3.05, 3.63) is 71.0 Å². The Kier molecular flexibility index (Phi) is 6.49.